The quantitative estimate of drug-likeness (QED) is 0.524. The van der Waals surface area contributed by atoms with Crippen molar-refractivity contribution in [3.8, 4) is 0 Å². The van der Waals surface area contributed by atoms with Gasteiger partial charge in [0.05, 0.1) is 0 Å². The van der Waals surface area contributed by atoms with Crippen LogP contribution in [0, 0.1) is 0 Å². The monoisotopic (exact) mass is 212 g/mol. The number of hydrogen-bond acceptors (Lipinski definition) is 3. The van der Waals surface area contributed by atoms with Gasteiger partial charge < -0.3 is 4.12 Å². The van der Waals surface area contributed by atoms with E-state index >= 15 is 0 Å². The van der Waals surface area contributed by atoms with E-state index in [-0.39, 0.29) is 0 Å². The molecule has 1 atom stereocenters. The second-order valence-electron chi connectivity index (χ2n) is 3.26. The molecular weight excluding hydrogens is 196 g/mol. The van der Waals surface area contributed by atoms with Gasteiger partial charge in [-0.25, -0.2) is 0 Å². The molecule has 0 aromatic rings. The number of rotatable bonds is 4. The molecule has 0 heterocycles. The van der Waals surface area contributed by atoms with Crippen LogP contribution in [-0.4, -0.2) is 28.7 Å². The average molecular weight is 212 g/mol. The molecule has 0 aliphatic heterocycles. The van der Waals surface area contributed by atoms with Gasteiger partial charge in [-0.15, -0.1) is 0 Å². The van der Waals surface area contributed by atoms with Gasteiger partial charge >= 0.3 is 0 Å². The van der Waals surface area contributed by atoms with Gasteiger partial charge in [-0.2, -0.15) is 25.3 Å². The Morgan fingerprint density at radius 2 is 2.00 bits per heavy atom. The van der Waals surface area contributed by atoms with E-state index in [1.54, 1.807) is 0 Å². The second-order valence-corrected chi connectivity index (χ2v) is 11.7. The predicted octanol–water partition coefficient (Wildman–Crippen LogP) is 1.11. The molecular formula is C5H16OS2Si2. The van der Waals surface area contributed by atoms with Crippen LogP contribution in [0.4, 0.5) is 0 Å². The van der Waals surface area contributed by atoms with Gasteiger partial charge in [0.15, 0.2) is 18.1 Å². The van der Waals surface area contributed by atoms with Crippen molar-refractivity contribution in [1.29, 1.82) is 0 Å². The Hall–Kier alpha value is 1.09. The van der Waals surface area contributed by atoms with Crippen LogP contribution in [0.2, 0.25) is 19.6 Å². The molecule has 62 valence electrons. The first-order valence-electron chi connectivity index (χ1n) is 3.38. The first-order chi connectivity index (χ1) is 4.45. The molecule has 0 aromatic carbocycles. The van der Waals surface area contributed by atoms with Crippen LogP contribution in [0.1, 0.15) is 0 Å². The zero-order chi connectivity index (χ0) is 8.20. The SMILES string of the molecule is C[Si](C)(C)O[SiH2]C(S)CS. The summed E-state index contributed by atoms with van der Waals surface area (Å²) in [6.45, 7) is 6.62. The summed E-state index contributed by atoms with van der Waals surface area (Å²) in [6.07, 6.45) is 0. The van der Waals surface area contributed by atoms with Gasteiger partial charge in [0.2, 0.25) is 0 Å². The molecule has 0 fully saturated rings. The van der Waals surface area contributed by atoms with Gasteiger partial charge in [-0.1, -0.05) is 0 Å². The van der Waals surface area contributed by atoms with E-state index in [0.717, 1.165) is 5.75 Å². The lowest BCUT2D eigenvalue weighted by Gasteiger charge is -2.19. The molecule has 0 N–H and O–H groups in total. The third-order valence-electron chi connectivity index (χ3n) is 0.919. The molecule has 0 aliphatic rings. The summed E-state index contributed by atoms with van der Waals surface area (Å²) in [4.78, 5) is 0.426. The number of thiol groups is 2. The topological polar surface area (TPSA) is 9.23 Å². The van der Waals surface area contributed by atoms with Gasteiger partial charge in [-0.3, -0.25) is 0 Å². The predicted molar refractivity (Wildman–Crippen MR) is 59.6 cm³/mol. The van der Waals surface area contributed by atoms with E-state index in [9.17, 15) is 0 Å². The van der Waals surface area contributed by atoms with Crippen molar-refractivity contribution in [3.05, 3.63) is 0 Å². The maximum Gasteiger partial charge on any atom is 0.169 e. The van der Waals surface area contributed by atoms with Crippen LogP contribution in [-0.2, 0) is 4.12 Å². The molecule has 0 radical (unpaired) electrons. The molecule has 0 rings (SSSR count). The first-order valence-corrected chi connectivity index (χ1v) is 9.33. The largest absolute Gasteiger partial charge is 0.460 e. The minimum absolute atomic E-state index is 0.419. The highest BCUT2D eigenvalue weighted by Crippen LogP contribution is 2.04. The van der Waals surface area contributed by atoms with Crippen LogP contribution in [0.5, 0.6) is 0 Å². The lowest BCUT2D eigenvalue weighted by atomic mass is 10.9. The molecule has 0 spiro atoms. The first kappa shape index (κ1) is 11.1. The molecule has 0 saturated heterocycles. The fourth-order valence-electron chi connectivity index (χ4n) is 0.399. The van der Waals surface area contributed by atoms with Crippen molar-refractivity contribution < 1.29 is 4.12 Å². The molecule has 10 heavy (non-hydrogen) atoms. The van der Waals surface area contributed by atoms with Gasteiger partial charge in [-0.05, 0) is 19.6 Å². The normalized spacial score (nSPS) is 16.5. The van der Waals surface area contributed by atoms with Gasteiger partial charge in [0, 0.05) is 10.6 Å². The van der Waals surface area contributed by atoms with E-state index in [4.69, 9.17) is 4.12 Å². The summed E-state index contributed by atoms with van der Waals surface area (Å²) in [5.74, 6) is 0.847. The smallest absolute Gasteiger partial charge is 0.169 e. The van der Waals surface area contributed by atoms with E-state index in [2.05, 4.69) is 44.9 Å². The average Bonchev–Trinajstić information content (AvgIpc) is 1.81. The summed E-state index contributed by atoms with van der Waals surface area (Å²) >= 11 is 8.46. The van der Waals surface area contributed by atoms with Crippen LogP contribution in [0.15, 0.2) is 0 Å². The molecule has 1 unspecified atom stereocenters. The lowest BCUT2D eigenvalue weighted by Crippen LogP contribution is -2.31. The standard InChI is InChI=1S/C5H16OS2Si2/c1-10(2,3)6-9-5(8)4-7/h5,7-8H,4,9H2,1-3H3. The maximum absolute atomic E-state index is 5.73. The van der Waals surface area contributed by atoms with Crippen LogP contribution in [0.3, 0.4) is 0 Å². The van der Waals surface area contributed by atoms with Crippen molar-refractivity contribution in [1.82, 2.24) is 0 Å². The minimum Gasteiger partial charge on any atom is -0.460 e. The highest BCUT2D eigenvalue weighted by molar-refractivity contribution is 7.85. The molecule has 0 aromatic heterocycles. The third kappa shape index (κ3) is 7.20. The fraction of sp³-hybridized carbons (Fsp3) is 1.00. The Bertz CT molecular complexity index is 94.1. The molecule has 0 amide bonds. The lowest BCUT2D eigenvalue weighted by molar-refractivity contribution is 0.595. The highest BCUT2D eigenvalue weighted by Gasteiger charge is 2.15. The zero-order valence-corrected chi connectivity index (χ0v) is 11.0. The third-order valence-corrected chi connectivity index (χ3v) is 7.57. The van der Waals surface area contributed by atoms with Crippen molar-refractivity contribution >= 4 is 43.3 Å². The Balaban J connectivity index is 3.36. The van der Waals surface area contributed by atoms with E-state index in [1.165, 1.54) is 0 Å². The Morgan fingerprint density at radius 1 is 1.50 bits per heavy atom. The van der Waals surface area contributed by atoms with Crippen molar-refractivity contribution in [3.63, 3.8) is 0 Å². The van der Waals surface area contributed by atoms with Gasteiger partial charge in [0.25, 0.3) is 0 Å². The summed E-state index contributed by atoms with van der Waals surface area (Å²) in [5.41, 5.74) is 0. The molecule has 0 saturated carbocycles. The molecule has 0 aliphatic carbocycles. The van der Waals surface area contributed by atoms with E-state index < -0.39 is 18.1 Å². The van der Waals surface area contributed by atoms with Crippen molar-refractivity contribution in [2.75, 3.05) is 5.75 Å². The van der Waals surface area contributed by atoms with Crippen molar-refractivity contribution in [2.45, 2.75) is 24.5 Å². The summed E-state index contributed by atoms with van der Waals surface area (Å²) in [7, 11) is -1.68. The van der Waals surface area contributed by atoms with E-state index in [1.807, 2.05) is 0 Å². The summed E-state index contributed by atoms with van der Waals surface area (Å²) in [5, 5.41) is 0. The highest BCUT2D eigenvalue weighted by atomic mass is 32.1. The Kier molecular flexibility index (Phi) is 5.40. The zero-order valence-electron chi connectivity index (χ0n) is 6.79. The second kappa shape index (κ2) is 4.87. The summed E-state index contributed by atoms with van der Waals surface area (Å²) < 4.78 is 5.73. The van der Waals surface area contributed by atoms with Gasteiger partial charge in [0.1, 0.15) is 0 Å². The fourth-order valence-corrected chi connectivity index (χ4v) is 4.26. The summed E-state index contributed by atoms with van der Waals surface area (Å²) in [6, 6.07) is 0. The Labute approximate surface area is 77.8 Å². The van der Waals surface area contributed by atoms with E-state index in [0.29, 0.717) is 4.87 Å². The maximum atomic E-state index is 5.73. The molecule has 5 heteroatoms. The Morgan fingerprint density at radius 3 is 2.30 bits per heavy atom. The van der Waals surface area contributed by atoms with Crippen LogP contribution >= 0.6 is 25.3 Å². The van der Waals surface area contributed by atoms with Crippen molar-refractivity contribution in [2.24, 2.45) is 0 Å². The van der Waals surface area contributed by atoms with Crippen LogP contribution < -0.4 is 0 Å². The molecule has 1 nitrogen and oxygen atoms in total. The van der Waals surface area contributed by atoms with Crippen LogP contribution in [0.25, 0.3) is 0 Å². The molecule has 0 bridgehead atoms. The number of hydrogen-bond donors (Lipinski definition) is 2. The minimum atomic E-state index is -1.26.